The van der Waals surface area contributed by atoms with Crippen LogP contribution in [0.5, 0.6) is 0 Å². The predicted molar refractivity (Wildman–Crippen MR) is 63.0 cm³/mol. The molecule has 0 saturated carbocycles. The summed E-state index contributed by atoms with van der Waals surface area (Å²) in [5, 5.41) is 2.52. The SMILES string of the molecule is Cc1cc(NC(N)=O)c(C)c2sc(=O)oc12. The van der Waals surface area contributed by atoms with Gasteiger partial charge in [0.15, 0.2) is 5.58 Å². The summed E-state index contributed by atoms with van der Waals surface area (Å²) in [5.74, 6) is 0. The number of nitrogens with one attached hydrogen (secondary N) is 1. The van der Waals surface area contributed by atoms with E-state index in [4.69, 9.17) is 10.2 Å². The largest absolute Gasteiger partial charge is 0.414 e. The Balaban J connectivity index is 2.74. The number of anilines is 1. The van der Waals surface area contributed by atoms with Crippen LogP contribution in [-0.2, 0) is 0 Å². The summed E-state index contributed by atoms with van der Waals surface area (Å²) >= 11 is 1.02. The maximum atomic E-state index is 11.2. The molecule has 2 aromatic rings. The van der Waals surface area contributed by atoms with Crippen LogP contribution in [0.4, 0.5) is 10.5 Å². The second kappa shape index (κ2) is 3.64. The lowest BCUT2D eigenvalue weighted by atomic mass is 10.1. The molecule has 5 nitrogen and oxygen atoms in total. The number of hydrogen-bond donors (Lipinski definition) is 2. The van der Waals surface area contributed by atoms with Crippen molar-refractivity contribution < 1.29 is 9.21 Å². The lowest BCUT2D eigenvalue weighted by Gasteiger charge is -2.07. The van der Waals surface area contributed by atoms with Crippen LogP contribution in [0.25, 0.3) is 10.3 Å². The fourth-order valence-corrected chi connectivity index (χ4v) is 2.41. The Morgan fingerprint density at radius 1 is 1.50 bits per heavy atom. The number of urea groups is 1. The zero-order chi connectivity index (χ0) is 11.9. The molecule has 0 bridgehead atoms. The predicted octanol–water partition coefficient (Wildman–Crippen LogP) is 1.96. The van der Waals surface area contributed by atoms with Gasteiger partial charge in [0, 0.05) is 5.69 Å². The molecule has 0 atom stereocenters. The number of rotatable bonds is 1. The Kier molecular flexibility index (Phi) is 2.43. The molecule has 2 amide bonds. The molecule has 3 N–H and O–H groups in total. The number of fused-ring (bicyclic) bond motifs is 1. The van der Waals surface area contributed by atoms with Crippen molar-refractivity contribution in [2.45, 2.75) is 13.8 Å². The van der Waals surface area contributed by atoms with Crippen molar-refractivity contribution in [3.05, 3.63) is 26.9 Å². The van der Waals surface area contributed by atoms with Crippen LogP contribution in [0.1, 0.15) is 11.1 Å². The molecule has 0 radical (unpaired) electrons. The number of carbonyl (C=O) groups excluding carboxylic acids is 1. The topological polar surface area (TPSA) is 85.3 Å². The molecular weight excluding hydrogens is 228 g/mol. The Morgan fingerprint density at radius 3 is 2.81 bits per heavy atom. The Labute approximate surface area is 94.9 Å². The smallest absolute Gasteiger partial charge is 0.396 e. The third-order valence-corrected chi connectivity index (χ3v) is 3.24. The lowest BCUT2D eigenvalue weighted by molar-refractivity contribution is 0.259. The monoisotopic (exact) mass is 238 g/mol. The zero-order valence-corrected chi connectivity index (χ0v) is 9.60. The molecular formula is C10H10N2O3S. The van der Waals surface area contributed by atoms with Crippen molar-refractivity contribution in [1.82, 2.24) is 0 Å². The van der Waals surface area contributed by atoms with Crippen molar-refractivity contribution in [3.63, 3.8) is 0 Å². The molecule has 1 heterocycles. The molecule has 16 heavy (non-hydrogen) atoms. The minimum Gasteiger partial charge on any atom is -0.414 e. The minimum absolute atomic E-state index is 0.350. The van der Waals surface area contributed by atoms with E-state index in [9.17, 15) is 9.59 Å². The summed E-state index contributed by atoms with van der Waals surface area (Å²) in [4.78, 5) is 21.6. The second-order valence-corrected chi connectivity index (χ2v) is 4.41. The Bertz CT molecular complexity index is 627. The lowest BCUT2D eigenvalue weighted by Crippen LogP contribution is -2.19. The van der Waals surface area contributed by atoms with E-state index in [1.807, 2.05) is 6.92 Å². The van der Waals surface area contributed by atoms with Crippen LogP contribution < -0.4 is 16.0 Å². The molecule has 0 fully saturated rings. The molecule has 0 unspecified atom stereocenters. The number of amides is 2. The first-order valence-corrected chi connectivity index (χ1v) is 5.41. The first-order valence-electron chi connectivity index (χ1n) is 4.59. The van der Waals surface area contributed by atoms with Crippen molar-refractivity contribution in [2.75, 3.05) is 5.32 Å². The molecule has 6 heteroatoms. The number of nitrogens with two attached hydrogens (primary N) is 1. The van der Waals surface area contributed by atoms with Crippen molar-refractivity contribution in [1.29, 1.82) is 0 Å². The Hall–Kier alpha value is -1.82. The van der Waals surface area contributed by atoms with E-state index in [1.165, 1.54) is 0 Å². The maximum Gasteiger partial charge on any atom is 0.396 e. The number of hydrogen-bond acceptors (Lipinski definition) is 4. The van der Waals surface area contributed by atoms with E-state index >= 15 is 0 Å². The van der Waals surface area contributed by atoms with Gasteiger partial charge in [0.2, 0.25) is 0 Å². The van der Waals surface area contributed by atoms with Gasteiger partial charge >= 0.3 is 11.0 Å². The molecule has 0 spiro atoms. The normalized spacial score (nSPS) is 10.6. The first kappa shape index (κ1) is 10.7. The van der Waals surface area contributed by atoms with Gasteiger partial charge < -0.3 is 15.5 Å². The van der Waals surface area contributed by atoms with Gasteiger partial charge in [0.25, 0.3) is 0 Å². The van der Waals surface area contributed by atoms with Gasteiger partial charge in [0.05, 0.1) is 4.70 Å². The molecule has 0 saturated heterocycles. The highest BCUT2D eigenvalue weighted by atomic mass is 32.1. The fourth-order valence-electron chi connectivity index (χ4n) is 1.56. The van der Waals surface area contributed by atoms with Crippen LogP contribution in [0.3, 0.4) is 0 Å². The summed E-state index contributed by atoms with van der Waals surface area (Å²) in [6.07, 6.45) is 0. The number of aryl methyl sites for hydroxylation is 2. The number of benzene rings is 1. The zero-order valence-electron chi connectivity index (χ0n) is 8.79. The van der Waals surface area contributed by atoms with Crippen molar-refractivity contribution >= 4 is 33.3 Å². The molecule has 0 aliphatic carbocycles. The summed E-state index contributed by atoms with van der Waals surface area (Å²) in [7, 11) is 0. The summed E-state index contributed by atoms with van der Waals surface area (Å²) in [6, 6.07) is 1.11. The van der Waals surface area contributed by atoms with E-state index in [0.29, 0.717) is 11.3 Å². The summed E-state index contributed by atoms with van der Waals surface area (Å²) in [6.45, 7) is 3.61. The van der Waals surface area contributed by atoms with Crippen molar-refractivity contribution in [2.24, 2.45) is 5.73 Å². The highest BCUT2D eigenvalue weighted by Gasteiger charge is 2.12. The average Bonchev–Trinajstić information content (AvgIpc) is 2.56. The molecule has 0 aliphatic heterocycles. The molecule has 2 rings (SSSR count). The first-order chi connectivity index (χ1) is 7.49. The Morgan fingerprint density at radius 2 is 2.19 bits per heavy atom. The van der Waals surface area contributed by atoms with E-state index in [2.05, 4.69) is 5.32 Å². The van der Waals surface area contributed by atoms with Gasteiger partial charge in [-0.25, -0.2) is 9.59 Å². The quantitative estimate of drug-likeness (QED) is 0.796. The van der Waals surface area contributed by atoms with Gasteiger partial charge in [-0.1, -0.05) is 11.3 Å². The highest BCUT2D eigenvalue weighted by Crippen LogP contribution is 2.30. The van der Waals surface area contributed by atoms with Crippen LogP contribution >= 0.6 is 11.3 Å². The molecule has 1 aromatic carbocycles. The standard InChI is InChI=1S/C10H10N2O3S/c1-4-3-6(12-9(11)13)5(2)8-7(4)15-10(14)16-8/h3H,1-2H3,(H3,11,12,13). The van der Waals surface area contributed by atoms with E-state index in [-0.39, 0.29) is 4.94 Å². The van der Waals surface area contributed by atoms with Gasteiger partial charge in [0.1, 0.15) is 0 Å². The third kappa shape index (κ3) is 1.67. The van der Waals surface area contributed by atoms with Gasteiger partial charge in [-0.2, -0.15) is 0 Å². The van der Waals surface area contributed by atoms with Crippen LogP contribution in [0.15, 0.2) is 15.3 Å². The minimum atomic E-state index is -0.627. The third-order valence-electron chi connectivity index (χ3n) is 2.30. The van der Waals surface area contributed by atoms with Crippen molar-refractivity contribution in [3.8, 4) is 0 Å². The number of primary amides is 1. The summed E-state index contributed by atoms with van der Waals surface area (Å²) < 4.78 is 5.80. The van der Waals surface area contributed by atoms with Gasteiger partial charge in [-0.05, 0) is 31.0 Å². The van der Waals surface area contributed by atoms with Crippen LogP contribution in [0, 0.1) is 13.8 Å². The summed E-state index contributed by atoms with van der Waals surface area (Å²) in [5.41, 5.74) is 7.82. The van der Waals surface area contributed by atoms with Crippen LogP contribution in [0.2, 0.25) is 0 Å². The van der Waals surface area contributed by atoms with E-state index < -0.39 is 6.03 Å². The molecule has 1 aromatic heterocycles. The van der Waals surface area contributed by atoms with E-state index in [1.54, 1.807) is 13.0 Å². The molecule has 0 aliphatic rings. The fraction of sp³-hybridized carbons (Fsp3) is 0.200. The average molecular weight is 238 g/mol. The van der Waals surface area contributed by atoms with Gasteiger partial charge in [-0.15, -0.1) is 0 Å². The number of carbonyl (C=O) groups is 1. The van der Waals surface area contributed by atoms with Gasteiger partial charge in [-0.3, -0.25) is 0 Å². The highest BCUT2D eigenvalue weighted by molar-refractivity contribution is 7.16. The second-order valence-electron chi connectivity index (χ2n) is 3.47. The molecule has 84 valence electrons. The van der Waals surface area contributed by atoms with Crippen LogP contribution in [-0.4, -0.2) is 6.03 Å². The van der Waals surface area contributed by atoms with E-state index in [0.717, 1.165) is 27.2 Å². The maximum absolute atomic E-state index is 11.2.